The standard InChI is InChI=1S/C18H16O5/c1-21-15-6-3-11(8-17(15)22-2)7-12-10-23-16-9-13(19)4-5-14(16)18(12)20/h3-9,19H,10H2,1-2H3/b12-7+. The molecule has 0 atom stereocenters. The van der Waals surface area contributed by atoms with E-state index in [2.05, 4.69) is 0 Å². The van der Waals surface area contributed by atoms with Gasteiger partial charge in [-0.05, 0) is 35.9 Å². The second-order valence-corrected chi connectivity index (χ2v) is 5.08. The number of phenols is 1. The highest BCUT2D eigenvalue weighted by Gasteiger charge is 2.23. The van der Waals surface area contributed by atoms with E-state index in [4.69, 9.17) is 14.2 Å². The zero-order valence-electron chi connectivity index (χ0n) is 12.8. The van der Waals surface area contributed by atoms with Crippen LogP contribution in [0.3, 0.4) is 0 Å². The fourth-order valence-corrected chi connectivity index (χ4v) is 2.46. The highest BCUT2D eigenvalue weighted by Crippen LogP contribution is 2.32. The molecular weight excluding hydrogens is 296 g/mol. The Balaban J connectivity index is 1.95. The summed E-state index contributed by atoms with van der Waals surface area (Å²) in [5.41, 5.74) is 1.80. The van der Waals surface area contributed by atoms with Crippen LogP contribution in [0.25, 0.3) is 6.08 Å². The molecule has 0 amide bonds. The lowest BCUT2D eigenvalue weighted by Gasteiger charge is -2.19. The zero-order chi connectivity index (χ0) is 16.4. The van der Waals surface area contributed by atoms with E-state index in [-0.39, 0.29) is 18.1 Å². The summed E-state index contributed by atoms with van der Waals surface area (Å²) in [6.45, 7) is 0.156. The first-order valence-corrected chi connectivity index (χ1v) is 7.05. The molecule has 0 saturated carbocycles. The number of ketones is 1. The number of rotatable bonds is 3. The van der Waals surface area contributed by atoms with Crippen molar-refractivity contribution in [3.63, 3.8) is 0 Å². The Labute approximate surface area is 133 Å². The molecular formula is C18H16O5. The SMILES string of the molecule is COc1ccc(/C=C2\COc3cc(O)ccc3C2=O)cc1OC. The van der Waals surface area contributed by atoms with Crippen molar-refractivity contribution in [2.75, 3.05) is 20.8 Å². The second-order valence-electron chi connectivity index (χ2n) is 5.08. The Morgan fingerprint density at radius 1 is 1.09 bits per heavy atom. The molecule has 0 radical (unpaired) electrons. The largest absolute Gasteiger partial charge is 0.508 e. The molecule has 0 aromatic heterocycles. The van der Waals surface area contributed by atoms with Gasteiger partial charge in [0.1, 0.15) is 18.1 Å². The lowest BCUT2D eigenvalue weighted by Crippen LogP contribution is -2.18. The van der Waals surface area contributed by atoms with Crippen molar-refractivity contribution >= 4 is 11.9 Å². The molecule has 0 saturated heterocycles. The molecule has 5 heteroatoms. The quantitative estimate of drug-likeness (QED) is 0.882. The van der Waals surface area contributed by atoms with Crippen molar-refractivity contribution in [2.45, 2.75) is 0 Å². The van der Waals surface area contributed by atoms with Gasteiger partial charge in [0.15, 0.2) is 17.3 Å². The van der Waals surface area contributed by atoms with Crippen molar-refractivity contribution in [2.24, 2.45) is 0 Å². The Hall–Kier alpha value is -2.95. The summed E-state index contributed by atoms with van der Waals surface area (Å²) in [6, 6.07) is 9.90. The molecule has 23 heavy (non-hydrogen) atoms. The minimum atomic E-state index is -0.110. The normalized spacial score (nSPS) is 15.0. The number of hydrogen-bond donors (Lipinski definition) is 1. The van der Waals surface area contributed by atoms with E-state index in [1.165, 1.54) is 12.1 Å². The summed E-state index contributed by atoms with van der Waals surface area (Å²) < 4.78 is 16.0. The summed E-state index contributed by atoms with van der Waals surface area (Å²) in [4.78, 5) is 12.5. The summed E-state index contributed by atoms with van der Waals surface area (Å²) >= 11 is 0. The van der Waals surface area contributed by atoms with E-state index in [9.17, 15) is 9.90 Å². The maximum Gasteiger partial charge on any atom is 0.196 e. The molecule has 2 aromatic carbocycles. The molecule has 1 heterocycles. The topological polar surface area (TPSA) is 65.0 Å². The van der Waals surface area contributed by atoms with Gasteiger partial charge in [-0.2, -0.15) is 0 Å². The first-order chi connectivity index (χ1) is 11.1. The third-order valence-corrected chi connectivity index (χ3v) is 3.63. The van der Waals surface area contributed by atoms with Crippen LogP contribution in [0.15, 0.2) is 42.0 Å². The van der Waals surface area contributed by atoms with Crippen LogP contribution in [-0.4, -0.2) is 31.7 Å². The van der Waals surface area contributed by atoms with Gasteiger partial charge in [-0.25, -0.2) is 0 Å². The molecule has 0 spiro atoms. The van der Waals surface area contributed by atoms with Crippen molar-refractivity contribution in [1.29, 1.82) is 0 Å². The number of hydrogen-bond acceptors (Lipinski definition) is 5. The number of benzene rings is 2. The number of methoxy groups -OCH3 is 2. The van der Waals surface area contributed by atoms with E-state index >= 15 is 0 Å². The van der Waals surface area contributed by atoms with Crippen LogP contribution >= 0.6 is 0 Å². The zero-order valence-corrected chi connectivity index (χ0v) is 12.8. The Kier molecular flexibility index (Phi) is 3.93. The molecule has 1 aliphatic rings. The van der Waals surface area contributed by atoms with Gasteiger partial charge >= 0.3 is 0 Å². The summed E-state index contributed by atoms with van der Waals surface area (Å²) in [6.07, 6.45) is 1.76. The predicted molar refractivity (Wildman–Crippen MR) is 85.5 cm³/mol. The van der Waals surface area contributed by atoms with Crippen LogP contribution in [0.1, 0.15) is 15.9 Å². The highest BCUT2D eigenvalue weighted by atomic mass is 16.5. The average molecular weight is 312 g/mol. The number of Topliss-reactive ketones (excluding diaryl/α,β-unsaturated/α-hetero) is 1. The van der Waals surface area contributed by atoms with Crippen LogP contribution in [0.5, 0.6) is 23.0 Å². The molecule has 0 fully saturated rings. The van der Waals surface area contributed by atoms with Crippen LogP contribution in [0.2, 0.25) is 0 Å². The summed E-state index contributed by atoms with van der Waals surface area (Å²) in [7, 11) is 3.13. The minimum absolute atomic E-state index is 0.0730. The molecule has 3 rings (SSSR count). The molecule has 1 aliphatic heterocycles. The Morgan fingerprint density at radius 2 is 1.87 bits per heavy atom. The van der Waals surface area contributed by atoms with Gasteiger partial charge in [0.25, 0.3) is 0 Å². The van der Waals surface area contributed by atoms with E-state index in [0.29, 0.717) is 28.4 Å². The summed E-state index contributed by atoms with van der Waals surface area (Å²) in [5, 5.41) is 9.45. The monoisotopic (exact) mass is 312 g/mol. The number of phenolic OH excluding ortho intramolecular Hbond substituents is 1. The number of ether oxygens (including phenoxy) is 3. The smallest absolute Gasteiger partial charge is 0.196 e. The van der Waals surface area contributed by atoms with Crippen molar-refractivity contribution in [3.8, 4) is 23.0 Å². The van der Waals surface area contributed by atoms with Crippen molar-refractivity contribution in [3.05, 3.63) is 53.1 Å². The van der Waals surface area contributed by atoms with Gasteiger partial charge < -0.3 is 19.3 Å². The van der Waals surface area contributed by atoms with Gasteiger partial charge in [0, 0.05) is 11.6 Å². The van der Waals surface area contributed by atoms with Gasteiger partial charge in [0.05, 0.1) is 19.8 Å². The van der Waals surface area contributed by atoms with Gasteiger partial charge in [0.2, 0.25) is 0 Å². The second kappa shape index (κ2) is 6.04. The van der Waals surface area contributed by atoms with Crippen LogP contribution in [0, 0.1) is 0 Å². The number of carbonyl (C=O) groups excluding carboxylic acids is 1. The van der Waals surface area contributed by atoms with E-state index in [1.54, 1.807) is 38.5 Å². The molecule has 0 unspecified atom stereocenters. The van der Waals surface area contributed by atoms with Crippen LogP contribution in [0.4, 0.5) is 0 Å². The van der Waals surface area contributed by atoms with Crippen molar-refractivity contribution in [1.82, 2.24) is 0 Å². The minimum Gasteiger partial charge on any atom is -0.508 e. The Morgan fingerprint density at radius 3 is 2.61 bits per heavy atom. The first kappa shape index (κ1) is 15.0. The molecule has 1 N–H and O–H groups in total. The van der Waals surface area contributed by atoms with Gasteiger partial charge in [-0.15, -0.1) is 0 Å². The molecule has 2 aromatic rings. The van der Waals surface area contributed by atoms with Gasteiger partial charge in [-0.1, -0.05) is 6.07 Å². The first-order valence-electron chi connectivity index (χ1n) is 7.05. The molecule has 0 bridgehead atoms. The maximum atomic E-state index is 12.5. The molecule has 0 aliphatic carbocycles. The molecule has 118 valence electrons. The number of aromatic hydroxyl groups is 1. The molecule has 5 nitrogen and oxygen atoms in total. The number of fused-ring (bicyclic) bond motifs is 1. The van der Waals surface area contributed by atoms with E-state index < -0.39 is 0 Å². The maximum absolute atomic E-state index is 12.5. The fraction of sp³-hybridized carbons (Fsp3) is 0.167. The summed E-state index contributed by atoms with van der Waals surface area (Å²) in [5.74, 6) is 1.59. The average Bonchev–Trinajstić information content (AvgIpc) is 2.57. The van der Waals surface area contributed by atoms with Crippen LogP contribution in [-0.2, 0) is 0 Å². The lowest BCUT2D eigenvalue weighted by molar-refractivity contribution is 0.100. The van der Waals surface area contributed by atoms with Crippen LogP contribution < -0.4 is 14.2 Å². The number of carbonyl (C=O) groups is 1. The van der Waals surface area contributed by atoms with Crippen molar-refractivity contribution < 1.29 is 24.1 Å². The van der Waals surface area contributed by atoms with E-state index in [1.807, 2.05) is 6.07 Å². The third kappa shape index (κ3) is 2.85. The van der Waals surface area contributed by atoms with E-state index in [0.717, 1.165) is 5.56 Å². The Bertz CT molecular complexity index is 792. The highest BCUT2D eigenvalue weighted by molar-refractivity contribution is 6.14. The fourth-order valence-electron chi connectivity index (χ4n) is 2.46. The van der Waals surface area contributed by atoms with Gasteiger partial charge in [-0.3, -0.25) is 4.79 Å². The third-order valence-electron chi connectivity index (χ3n) is 3.63. The predicted octanol–water partition coefficient (Wildman–Crippen LogP) is 3.07. The lowest BCUT2D eigenvalue weighted by atomic mass is 9.98.